The highest BCUT2D eigenvalue weighted by molar-refractivity contribution is 5.76. The van der Waals surface area contributed by atoms with Crippen LogP contribution in [-0.2, 0) is 4.79 Å². The Kier molecular flexibility index (Phi) is 30.2. The zero-order chi connectivity index (χ0) is 70.4. The van der Waals surface area contributed by atoms with Gasteiger partial charge in [0, 0.05) is 116 Å². The minimum atomic E-state index is -0.131. The second kappa shape index (κ2) is 37.2. The molecule has 0 bridgehead atoms. The van der Waals surface area contributed by atoms with Crippen LogP contribution in [0.2, 0.25) is 0 Å². The van der Waals surface area contributed by atoms with Crippen LogP contribution >= 0.6 is 0 Å². The molecule has 544 valence electrons. The van der Waals surface area contributed by atoms with E-state index in [0.29, 0.717) is 52.1 Å². The Morgan fingerprint density at radius 2 is 0.938 bits per heavy atom. The molecule has 7 fully saturated rings. The molecule has 0 atom stereocenters. The van der Waals surface area contributed by atoms with Crippen molar-refractivity contribution in [3.8, 4) is 0 Å². The average molecular weight is 1350 g/mol. The molecular weight excluding hydrogens is 1220 g/mol. The molecule has 7 saturated heterocycles. The second-order valence-electron chi connectivity index (χ2n) is 33.1. The summed E-state index contributed by atoms with van der Waals surface area (Å²) < 4.78 is 16.5. The second-order valence-corrected chi connectivity index (χ2v) is 33.1. The van der Waals surface area contributed by atoms with Gasteiger partial charge in [-0.3, -0.25) is 34.3 Å². The number of imidazole rings is 1. The Bertz CT molecular complexity index is 2660. The van der Waals surface area contributed by atoms with Crippen LogP contribution in [-0.4, -0.2) is 246 Å². The van der Waals surface area contributed by atoms with Gasteiger partial charge in [-0.2, -0.15) is 10.1 Å². The number of piperidine rings is 7. The normalized spacial score (nSPS) is 21.6. The van der Waals surface area contributed by atoms with Crippen LogP contribution < -0.4 is 5.73 Å². The van der Waals surface area contributed by atoms with Gasteiger partial charge in [-0.1, -0.05) is 10.4 Å². The molecule has 13 rings (SSSR count). The van der Waals surface area contributed by atoms with Gasteiger partial charge in [0.2, 0.25) is 24.1 Å². The zero-order valence-corrected chi connectivity index (χ0v) is 63.1. The van der Waals surface area contributed by atoms with E-state index in [1.54, 1.807) is 18.1 Å². The number of nitrogens with two attached hydrogens (primary N) is 1. The molecule has 8 aliphatic rings. The molecule has 0 spiro atoms. The molecule has 8 aliphatic heterocycles. The maximum atomic E-state index is 10.7. The van der Waals surface area contributed by atoms with Crippen molar-refractivity contribution >= 4 is 12.1 Å². The van der Waals surface area contributed by atoms with Crippen LogP contribution in [0.4, 0.5) is 0 Å². The number of amides is 1. The van der Waals surface area contributed by atoms with Gasteiger partial charge in [-0.15, -0.1) is 15.3 Å². The van der Waals surface area contributed by atoms with Crippen LogP contribution in [0, 0.1) is 11.8 Å². The Morgan fingerprint density at radius 3 is 1.32 bits per heavy atom. The molecule has 97 heavy (non-hydrogen) atoms. The largest absolute Gasteiger partial charge is 0.428 e. The lowest BCUT2D eigenvalue weighted by Crippen LogP contribution is -2.46. The monoisotopic (exact) mass is 1350 g/mol. The summed E-state index contributed by atoms with van der Waals surface area (Å²) in [6, 6.07) is 1.75. The van der Waals surface area contributed by atoms with Crippen molar-refractivity contribution in [2.45, 2.75) is 251 Å². The van der Waals surface area contributed by atoms with Gasteiger partial charge in [0.05, 0.1) is 31.2 Å². The summed E-state index contributed by atoms with van der Waals surface area (Å²) in [5.74, 6) is 3.37. The SMILES string of the molecule is CC(C)(C)N1CCC(C2=CC=NC2)CC1.CC(C)(C)N1CCC(c2nnco2)CC1.CC(C)(C)N1CCC(n2ccnc2)CC1.CC(C)(C)N1CCC(n2ccnn2)CC1.CC(C)(C)N1CCC(n2cncn2)CC1.CN1CCC(C(N)=O)CC1.CN1CCC(c2ncno2)CC1. The number of aliphatic imine (C=N–C) groups is 1. The molecule has 24 nitrogen and oxygen atoms in total. The fourth-order valence-electron chi connectivity index (χ4n) is 14.4. The maximum Gasteiger partial charge on any atom is 0.229 e. The van der Waals surface area contributed by atoms with Crippen molar-refractivity contribution < 1.29 is 13.7 Å². The van der Waals surface area contributed by atoms with Gasteiger partial charge in [-0.25, -0.2) is 19.3 Å². The van der Waals surface area contributed by atoms with Gasteiger partial charge < -0.3 is 29.0 Å². The summed E-state index contributed by atoms with van der Waals surface area (Å²) in [6.07, 6.45) is 36.4. The van der Waals surface area contributed by atoms with E-state index in [1.807, 2.05) is 40.6 Å². The number of hydrogen-bond acceptors (Lipinski definition) is 20. The van der Waals surface area contributed by atoms with E-state index in [0.717, 1.165) is 128 Å². The van der Waals surface area contributed by atoms with Gasteiger partial charge in [-0.05, 0) is 278 Å². The van der Waals surface area contributed by atoms with Crippen molar-refractivity contribution in [2.75, 3.05) is 112 Å². The molecular formula is C73H129N21O3. The first kappa shape index (κ1) is 78.7. The molecule has 5 aromatic rings. The van der Waals surface area contributed by atoms with Gasteiger partial charge in [0.1, 0.15) is 12.7 Å². The van der Waals surface area contributed by atoms with E-state index in [4.69, 9.17) is 14.7 Å². The molecule has 5 aromatic heterocycles. The highest BCUT2D eigenvalue weighted by Crippen LogP contribution is 2.33. The smallest absolute Gasteiger partial charge is 0.229 e. The predicted octanol–water partition coefficient (Wildman–Crippen LogP) is 11.0. The first-order valence-corrected chi connectivity index (χ1v) is 36.7. The highest BCUT2D eigenvalue weighted by atomic mass is 16.5. The van der Waals surface area contributed by atoms with Gasteiger partial charge in [0.25, 0.3) is 0 Å². The van der Waals surface area contributed by atoms with Gasteiger partial charge in [0.15, 0.2) is 6.33 Å². The van der Waals surface area contributed by atoms with E-state index in [2.05, 4.69) is 220 Å². The third-order valence-corrected chi connectivity index (χ3v) is 21.2. The van der Waals surface area contributed by atoms with E-state index in [1.165, 1.54) is 90.3 Å². The first-order chi connectivity index (χ1) is 45.9. The standard InChI is InChI=1S/C13H22N2.C12H21N3.2C11H20N4.C11H19N3O.C8H13N3O.C7H14N2O/c1-13(2,3)15-8-5-11(6-9-15)12-4-7-14-10-12;1-12(2,3)15-7-4-11(5-8-15)14-9-6-13-10-14;1-11(2,3)14-7-4-10(5-8-14)15-9-6-12-13-15;1-11(2,3)14-6-4-10(5-7-14)15-9-12-8-13-15;1-11(2,3)14-6-4-9(5-7-14)10-13-12-8-15-10;1-11-4-2-7(3-5-11)8-9-6-10-12-8;1-9-4-2-6(3-5-9)7(8)10/h4,7,11H,5-6,8-10H2,1-3H3;6,9-11H,4-5,7-8H2,1-3H3;6,9-10H,4-5,7-8H2,1-3H3;8-10H,4-7H2,1-3H3;8-9H,4-7H2,1-3H3;6-7H,2-5H2,1H3;6H,2-5H2,1H3,(H2,8,10). The lowest BCUT2D eigenvalue weighted by Gasteiger charge is -2.41. The Balaban J connectivity index is 0.000000160. The third-order valence-electron chi connectivity index (χ3n) is 21.2. The number of carbonyl (C=O) groups is 1. The molecule has 0 aliphatic carbocycles. The summed E-state index contributed by atoms with van der Waals surface area (Å²) in [6.45, 7) is 51.3. The Labute approximate surface area is 583 Å². The fourth-order valence-corrected chi connectivity index (χ4v) is 14.4. The minimum absolute atomic E-state index is 0.131. The molecule has 2 N–H and O–H groups in total. The molecule has 0 radical (unpaired) electrons. The highest BCUT2D eigenvalue weighted by Gasteiger charge is 2.33. The summed E-state index contributed by atoms with van der Waals surface area (Å²) in [7, 11) is 4.21. The van der Waals surface area contributed by atoms with E-state index < -0.39 is 0 Å². The number of nitrogens with zero attached hydrogens (tertiary/aromatic N) is 20. The lowest BCUT2D eigenvalue weighted by atomic mass is 9.87. The Hall–Kier alpha value is -5.63. The molecule has 0 aromatic carbocycles. The maximum absolute atomic E-state index is 10.7. The van der Waals surface area contributed by atoms with Crippen molar-refractivity contribution in [1.82, 2.24) is 93.9 Å². The quantitative estimate of drug-likeness (QED) is 0.159. The predicted molar refractivity (Wildman–Crippen MR) is 387 cm³/mol. The van der Waals surface area contributed by atoms with Crippen LogP contribution in [0.3, 0.4) is 0 Å². The number of likely N-dealkylation sites (tertiary alicyclic amines) is 7. The summed E-state index contributed by atoms with van der Waals surface area (Å²) in [4.78, 5) is 44.4. The topological polar surface area (TPSA) is 235 Å². The summed E-state index contributed by atoms with van der Waals surface area (Å²) in [5.41, 5.74) is 8.25. The molecule has 0 unspecified atom stereocenters. The third kappa shape index (κ3) is 26.1. The number of primary amides is 1. The number of rotatable bonds is 7. The number of allylic oxidation sites excluding steroid dienone is 1. The van der Waals surface area contributed by atoms with Crippen LogP contribution in [0.15, 0.2) is 82.1 Å². The summed E-state index contributed by atoms with van der Waals surface area (Å²) >= 11 is 0. The summed E-state index contributed by atoms with van der Waals surface area (Å²) in [5, 5.41) is 23.5. The zero-order valence-electron chi connectivity index (χ0n) is 63.1. The Morgan fingerprint density at radius 1 is 0.485 bits per heavy atom. The molecule has 13 heterocycles. The van der Waals surface area contributed by atoms with Crippen LogP contribution in [0.5, 0.6) is 0 Å². The number of carbonyl (C=O) groups excluding carboxylic acids is 1. The van der Waals surface area contributed by atoms with Crippen molar-refractivity contribution in [1.29, 1.82) is 0 Å². The van der Waals surface area contributed by atoms with E-state index in [9.17, 15) is 4.79 Å². The molecule has 1 amide bonds. The number of aromatic nitrogens is 12. The average Bonchev–Trinajstić information content (AvgIpc) is 1.83. The van der Waals surface area contributed by atoms with Crippen LogP contribution in [0.25, 0.3) is 0 Å². The lowest BCUT2D eigenvalue weighted by molar-refractivity contribution is -0.123. The molecule has 24 heteroatoms. The van der Waals surface area contributed by atoms with Crippen molar-refractivity contribution in [3.63, 3.8) is 0 Å². The fraction of sp³-hybridized carbons (Fsp3) is 0.795. The van der Waals surface area contributed by atoms with E-state index in [-0.39, 0.29) is 17.4 Å². The van der Waals surface area contributed by atoms with Gasteiger partial charge >= 0.3 is 0 Å². The molecule has 0 saturated carbocycles. The van der Waals surface area contributed by atoms with Crippen molar-refractivity contribution in [3.05, 3.63) is 79.9 Å². The minimum Gasteiger partial charge on any atom is -0.428 e. The first-order valence-electron chi connectivity index (χ1n) is 36.7. The van der Waals surface area contributed by atoms with Crippen molar-refractivity contribution in [2.24, 2.45) is 22.6 Å². The number of hydrogen-bond donors (Lipinski definition) is 1. The van der Waals surface area contributed by atoms with Crippen LogP contribution in [0.1, 0.15) is 235 Å². The van der Waals surface area contributed by atoms with E-state index >= 15 is 0 Å².